The van der Waals surface area contributed by atoms with E-state index in [-0.39, 0.29) is 6.61 Å². The Morgan fingerprint density at radius 3 is 2.40 bits per heavy atom. The van der Waals surface area contributed by atoms with Crippen molar-refractivity contribution >= 4 is 17.4 Å². The van der Waals surface area contributed by atoms with E-state index < -0.39 is 12.1 Å². The highest BCUT2D eigenvalue weighted by molar-refractivity contribution is 5.87. The normalized spacial score (nSPS) is 15.1. The Bertz CT molecular complexity index is 879. The number of amides is 2. The van der Waals surface area contributed by atoms with E-state index in [1.54, 1.807) is 24.3 Å². The molecular weight excluding hydrogens is 380 g/mol. The molecule has 0 unspecified atom stereocenters. The number of rotatable bonds is 7. The summed E-state index contributed by atoms with van der Waals surface area (Å²) in [7, 11) is 0. The smallest absolute Gasteiger partial charge is 0.316 e. The molecule has 0 radical (unpaired) electrons. The number of hydrogen-bond acceptors (Lipinski definition) is 5. The van der Waals surface area contributed by atoms with Crippen LogP contribution in [0.1, 0.15) is 12.5 Å². The Hall–Kier alpha value is -3.21. The van der Waals surface area contributed by atoms with Gasteiger partial charge in [0, 0.05) is 49.7 Å². The summed E-state index contributed by atoms with van der Waals surface area (Å²) < 4.78 is 5.65. The lowest BCUT2D eigenvalue weighted by atomic mass is 10.2. The van der Waals surface area contributed by atoms with Crippen molar-refractivity contribution in [3.8, 4) is 17.6 Å². The fourth-order valence-corrected chi connectivity index (χ4v) is 3.41. The summed E-state index contributed by atoms with van der Waals surface area (Å²) in [5, 5.41) is 12.8. The van der Waals surface area contributed by atoms with Gasteiger partial charge in [-0.2, -0.15) is 0 Å². The van der Waals surface area contributed by atoms with Crippen molar-refractivity contribution in [1.82, 2.24) is 4.90 Å². The zero-order chi connectivity index (χ0) is 21.3. The molecule has 1 fully saturated rings. The average Bonchev–Trinajstić information content (AvgIpc) is 2.74. The first-order valence-corrected chi connectivity index (χ1v) is 10.0. The fourth-order valence-electron chi connectivity index (χ4n) is 3.41. The predicted octanol–water partition coefficient (Wildman–Crippen LogP) is 2.11. The molecule has 0 spiro atoms. The maximum atomic E-state index is 10.8. The molecule has 2 aromatic rings. The third-order valence-electron chi connectivity index (χ3n) is 4.91. The van der Waals surface area contributed by atoms with Gasteiger partial charge in [0.15, 0.2) is 0 Å². The Morgan fingerprint density at radius 2 is 1.80 bits per heavy atom. The first-order valence-electron chi connectivity index (χ1n) is 10.0. The highest BCUT2D eigenvalue weighted by Crippen LogP contribution is 2.18. The molecule has 3 rings (SSSR count). The number of β-amino-alcohol motifs (C(OH)–C–C–N with tert-alkyl or cyclic N) is 1. The highest BCUT2D eigenvalue weighted by atomic mass is 16.5. The van der Waals surface area contributed by atoms with Crippen LogP contribution in [0.25, 0.3) is 0 Å². The van der Waals surface area contributed by atoms with Gasteiger partial charge < -0.3 is 25.8 Å². The van der Waals surface area contributed by atoms with Gasteiger partial charge in [-0.1, -0.05) is 5.92 Å². The Morgan fingerprint density at radius 1 is 1.13 bits per heavy atom. The van der Waals surface area contributed by atoms with Gasteiger partial charge in [0.2, 0.25) is 0 Å². The number of nitrogens with two attached hydrogens (primary N) is 1. The van der Waals surface area contributed by atoms with E-state index in [2.05, 4.69) is 51.2 Å². The molecule has 158 valence electrons. The number of anilines is 2. The van der Waals surface area contributed by atoms with Crippen LogP contribution in [0.15, 0.2) is 48.5 Å². The first kappa shape index (κ1) is 21.5. The van der Waals surface area contributed by atoms with Gasteiger partial charge in [-0.15, -0.1) is 5.92 Å². The molecule has 2 amide bonds. The molecule has 1 heterocycles. The second-order valence-corrected chi connectivity index (χ2v) is 7.19. The molecule has 1 atom stereocenters. The van der Waals surface area contributed by atoms with Crippen LogP contribution in [0.5, 0.6) is 5.75 Å². The number of piperazine rings is 1. The maximum Gasteiger partial charge on any atom is 0.316 e. The van der Waals surface area contributed by atoms with Crippen molar-refractivity contribution in [2.24, 2.45) is 5.73 Å². The summed E-state index contributed by atoms with van der Waals surface area (Å²) in [6.07, 6.45) is -0.577. The van der Waals surface area contributed by atoms with Gasteiger partial charge in [0.25, 0.3) is 0 Å². The molecule has 30 heavy (non-hydrogen) atoms. The number of benzene rings is 2. The van der Waals surface area contributed by atoms with Crippen molar-refractivity contribution in [2.45, 2.75) is 13.0 Å². The molecule has 0 bridgehead atoms. The minimum atomic E-state index is -0.609. The molecule has 1 aliphatic heterocycles. The molecule has 4 N–H and O–H groups in total. The SMILES string of the molecule is CC#Cc1ccc(N2CCN(C[C@@H](O)COc3ccc(NC(N)=O)cc3)CC2)cc1. The lowest BCUT2D eigenvalue weighted by Gasteiger charge is -2.36. The number of nitrogens with zero attached hydrogens (tertiary/aromatic N) is 2. The average molecular weight is 409 g/mol. The zero-order valence-corrected chi connectivity index (χ0v) is 17.2. The summed E-state index contributed by atoms with van der Waals surface area (Å²) in [6.45, 7) is 6.23. The Kier molecular flexibility index (Phi) is 7.55. The third kappa shape index (κ3) is 6.41. The summed E-state index contributed by atoms with van der Waals surface area (Å²) in [4.78, 5) is 15.4. The Labute approximate surface area is 177 Å². The third-order valence-corrected chi connectivity index (χ3v) is 4.91. The molecule has 2 aromatic carbocycles. The van der Waals surface area contributed by atoms with Crippen LogP contribution in [0.2, 0.25) is 0 Å². The summed E-state index contributed by atoms with van der Waals surface area (Å²) in [5.74, 6) is 6.60. The fraction of sp³-hybridized carbons (Fsp3) is 0.348. The monoisotopic (exact) mass is 408 g/mol. The number of primary amides is 1. The van der Waals surface area contributed by atoms with Crippen molar-refractivity contribution in [3.05, 3.63) is 54.1 Å². The lowest BCUT2D eigenvalue weighted by Crippen LogP contribution is -2.49. The minimum absolute atomic E-state index is 0.211. The van der Waals surface area contributed by atoms with E-state index in [0.717, 1.165) is 31.7 Å². The summed E-state index contributed by atoms with van der Waals surface area (Å²) in [6, 6.07) is 14.6. The van der Waals surface area contributed by atoms with Crippen LogP contribution in [-0.4, -0.2) is 61.5 Å². The van der Waals surface area contributed by atoms with E-state index in [1.165, 1.54) is 5.69 Å². The molecule has 7 nitrogen and oxygen atoms in total. The minimum Gasteiger partial charge on any atom is -0.491 e. The van der Waals surface area contributed by atoms with Crippen LogP contribution in [-0.2, 0) is 0 Å². The highest BCUT2D eigenvalue weighted by Gasteiger charge is 2.19. The van der Waals surface area contributed by atoms with Crippen LogP contribution < -0.4 is 20.7 Å². The number of aliphatic hydroxyl groups excluding tert-OH is 1. The molecule has 0 aromatic heterocycles. The van der Waals surface area contributed by atoms with Crippen molar-refractivity contribution in [1.29, 1.82) is 0 Å². The summed E-state index contributed by atoms with van der Waals surface area (Å²) >= 11 is 0. The van der Waals surface area contributed by atoms with Crippen molar-refractivity contribution in [2.75, 3.05) is 49.5 Å². The van der Waals surface area contributed by atoms with E-state index in [1.807, 2.05) is 6.92 Å². The molecule has 1 saturated heterocycles. The van der Waals surface area contributed by atoms with Gasteiger partial charge in [0.05, 0.1) is 0 Å². The number of nitrogens with one attached hydrogen (secondary N) is 1. The van der Waals surface area contributed by atoms with Crippen molar-refractivity contribution in [3.63, 3.8) is 0 Å². The molecule has 1 aliphatic rings. The maximum absolute atomic E-state index is 10.8. The second-order valence-electron chi connectivity index (χ2n) is 7.19. The number of aliphatic hydroxyl groups is 1. The van der Waals surface area contributed by atoms with Crippen LogP contribution >= 0.6 is 0 Å². The molecule has 0 aliphatic carbocycles. The van der Waals surface area contributed by atoms with E-state index in [9.17, 15) is 9.90 Å². The number of ether oxygens (including phenoxy) is 1. The van der Waals surface area contributed by atoms with Crippen LogP contribution in [0.4, 0.5) is 16.2 Å². The lowest BCUT2D eigenvalue weighted by molar-refractivity contribution is 0.0663. The number of carbonyl (C=O) groups is 1. The van der Waals surface area contributed by atoms with E-state index in [0.29, 0.717) is 18.0 Å². The topological polar surface area (TPSA) is 91.1 Å². The van der Waals surface area contributed by atoms with Gasteiger partial charge in [0.1, 0.15) is 18.5 Å². The largest absolute Gasteiger partial charge is 0.491 e. The number of hydrogen-bond donors (Lipinski definition) is 3. The first-order chi connectivity index (χ1) is 14.5. The zero-order valence-electron chi connectivity index (χ0n) is 17.2. The quantitative estimate of drug-likeness (QED) is 0.611. The summed E-state index contributed by atoms with van der Waals surface area (Å²) in [5.41, 5.74) is 7.91. The van der Waals surface area contributed by atoms with Gasteiger partial charge >= 0.3 is 6.03 Å². The van der Waals surface area contributed by atoms with Gasteiger partial charge in [-0.3, -0.25) is 4.90 Å². The van der Waals surface area contributed by atoms with Crippen LogP contribution in [0.3, 0.4) is 0 Å². The predicted molar refractivity (Wildman–Crippen MR) is 119 cm³/mol. The standard InChI is InChI=1S/C23H28N4O3/c1-2-3-18-4-8-20(9-5-18)27-14-12-26(13-15-27)16-21(28)17-30-22-10-6-19(7-11-22)25-23(24)29/h4-11,21,28H,12-17H2,1H3,(H3,24,25,29)/t21-/m1/s1. The van der Waals surface area contributed by atoms with Crippen LogP contribution in [0, 0.1) is 11.8 Å². The molecular formula is C23H28N4O3. The van der Waals surface area contributed by atoms with Gasteiger partial charge in [-0.05, 0) is 55.5 Å². The Balaban J connectivity index is 1.39. The number of urea groups is 1. The van der Waals surface area contributed by atoms with E-state index >= 15 is 0 Å². The van der Waals surface area contributed by atoms with E-state index in [4.69, 9.17) is 10.5 Å². The number of carbonyl (C=O) groups excluding carboxylic acids is 1. The second kappa shape index (κ2) is 10.5. The molecule has 0 saturated carbocycles. The molecule has 7 heteroatoms. The van der Waals surface area contributed by atoms with Crippen molar-refractivity contribution < 1.29 is 14.6 Å². The van der Waals surface area contributed by atoms with Gasteiger partial charge in [-0.25, -0.2) is 4.79 Å².